The minimum Gasteiger partial charge on any atom is -0.338 e. The van der Waals surface area contributed by atoms with Gasteiger partial charge in [-0.1, -0.05) is 23.1 Å². The SMILES string of the molecule is CCN(C(=O)CSc1nn(-c2ccc(F)cc2)c(=S)s1)C1CCS(=O)(=O)C1. The summed E-state index contributed by atoms with van der Waals surface area (Å²) < 4.78 is 39.1. The first kappa shape index (κ1) is 20.4. The van der Waals surface area contributed by atoms with Crippen molar-refractivity contribution in [3.05, 3.63) is 34.0 Å². The molecule has 1 atom stereocenters. The standard InChI is InChI=1S/C16H18FN3O3S4/c1-2-19(13-7-8-27(22,23)10-13)14(21)9-25-15-18-20(16(24)26-15)12-5-3-11(17)4-6-12/h3-6,13H,2,7-10H2,1H3. The fourth-order valence-corrected chi connectivity index (χ4v) is 6.91. The van der Waals surface area contributed by atoms with E-state index in [1.165, 1.54) is 39.9 Å². The highest BCUT2D eigenvalue weighted by atomic mass is 32.2. The van der Waals surface area contributed by atoms with Crippen molar-refractivity contribution in [1.29, 1.82) is 0 Å². The summed E-state index contributed by atoms with van der Waals surface area (Å²) in [4.78, 5) is 14.2. The molecule has 2 aromatic rings. The Hall–Kier alpha value is -1.30. The first-order valence-electron chi connectivity index (χ1n) is 8.28. The van der Waals surface area contributed by atoms with E-state index < -0.39 is 9.84 Å². The Kier molecular flexibility index (Phi) is 6.34. The van der Waals surface area contributed by atoms with Gasteiger partial charge in [0.25, 0.3) is 0 Å². The number of thioether (sulfide) groups is 1. The highest BCUT2D eigenvalue weighted by Gasteiger charge is 2.33. The van der Waals surface area contributed by atoms with Crippen molar-refractivity contribution in [3.8, 4) is 5.69 Å². The summed E-state index contributed by atoms with van der Waals surface area (Å²) in [5.41, 5.74) is 0.655. The Labute approximate surface area is 170 Å². The van der Waals surface area contributed by atoms with Gasteiger partial charge in [0.2, 0.25) is 5.91 Å². The van der Waals surface area contributed by atoms with Crippen molar-refractivity contribution in [1.82, 2.24) is 14.7 Å². The number of carbonyl (C=O) groups is 1. The quantitative estimate of drug-likeness (QED) is 0.501. The maximum absolute atomic E-state index is 13.1. The lowest BCUT2D eigenvalue weighted by Crippen LogP contribution is -2.41. The molecule has 0 bridgehead atoms. The zero-order valence-electron chi connectivity index (χ0n) is 14.5. The number of nitrogens with zero attached hydrogens (tertiary/aromatic N) is 3. The van der Waals surface area contributed by atoms with Crippen LogP contribution in [0.15, 0.2) is 28.6 Å². The number of rotatable bonds is 6. The van der Waals surface area contributed by atoms with Gasteiger partial charge in [-0.15, -0.1) is 5.10 Å². The third-order valence-corrected chi connectivity index (χ3v) is 8.33. The van der Waals surface area contributed by atoms with Gasteiger partial charge in [-0.25, -0.2) is 17.5 Å². The monoisotopic (exact) mass is 447 g/mol. The van der Waals surface area contributed by atoms with E-state index in [4.69, 9.17) is 12.2 Å². The second kappa shape index (κ2) is 8.38. The molecule has 1 fully saturated rings. The molecule has 1 saturated heterocycles. The van der Waals surface area contributed by atoms with Gasteiger partial charge in [0.1, 0.15) is 5.82 Å². The fourth-order valence-electron chi connectivity index (χ4n) is 2.93. The number of benzene rings is 1. The summed E-state index contributed by atoms with van der Waals surface area (Å²) in [5, 5.41) is 4.39. The van der Waals surface area contributed by atoms with Gasteiger partial charge in [-0.2, -0.15) is 0 Å². The lowest BCUT2D eigenvalue weighted by atomic mass is 10.2. The third kappa shape index (κ3) is 4.95. The molecule has 0 aliphatic carbocycles. The number of aromatic nitrogens is 2. The summed E-state index contributed by atoms with van der Waals surface area (Å²) in [6.45, 7) is 2.32. The maximum atomic E-state index is 13.1. The van der Waals surface area contributed by atoms with Crippen molar-refractivity contribution in [2.75, 3.05) is 23.8 Å². The molecule has 1 aromatic carbocycles. The molecular formula is C16H18FN3O3S4. The Bertz CT molecular complexity index is 985. The van der Waals surface area contributed by atoms with Gasteiger partial charge >= 0.3 is 0 Å². The lowest BCUT2D eigenvalue weighted by Gasteiger charge is -2.26. The molecule has 0 radical (unpaired) electrons. The number of carbonyl (C=O) groups excluding carboxylic acids is 1. The van der Waals surface area contributed by atoms with Crippen LogP contribution in [0, 0.1) is 9.77 Å². The first-order chi connectivity index (χ1) is 12.8. The smallest absolute Gasteiger partial charge is 0.233 e. The van der Waals surface area contributed by atoms with E-state index in [1.54, 1.807) is 17.0 Å². The summed E-state index contributed by atoms with van der Waals surface area (Å²) in [7, 11) is -3.04. The van der Waals surface area contributed by atoms with Gasteiger partial charge in [-0.3, -0.25) is 4.79 Å². The molecule has 11 heteroatoms. The third-order valence-electron chi connectivity index (χ3n) is 4.23. The van der Waals surface area contributed by atoms with E-state index in [1.807, 2.05) is 6.92 Å². The van der Waals surface area contributed by atoms with E-state index >= 15 is 0 Å². The number of hydrogen-bond acceptors (Lipinski definition) is 7. The van der Waals surface area contributed by atoms with E-state index in [0.29, 0.717) is 26.9 Å². The van der Waals surface area contributed by atoms with E-state index in [2.05, 4.69) is 5.10 Å². The Morgan fingerprint density at radius 1 is 1.44 bits per heavy atom. The number of amides is 1. The van der Waals surface area contributed by atoms with Crippen LogP contribution in [0.3, 0.4) is 0 Å². The van der Waals surface area contributed by atoms with Crippen LogP contribution in [-0.2, 0) is 14.6 Å². The number of sulfone groups is 1. The summed E-state index contributed by atoms with van der Waals surface area (Å²) in [5.74, 6) is -0.114. The predicted octanol–water partition coefficient (Wildman–Crippen LogP) is 2.93. The zero-order chi connectivity index (χ0) is 19.6. The average molecular weight is 448 g/mol. The van der Waals surface area contributed by atoms with Crippen LogP contribution < -0.4 is 0 Å². The van der Waals surface area contributed by atoms with Crippen LogP contribution in [0.4, 0.5) is 4.39 Å². The molecule has 27 heavy (non-hydrogen) atoms. The van der Waals surface area contributed by atoms with Crippen LogP contribution in [0.25, 0.3) is 5.69 Å². The van der Waals surface area contributed by atoms with Crippen molar-refractivity contribution in [2.45, 2.75) is 23.7 Å². The number of halogens is 1. The van der Waals surface area contributed by atoms with E-state index in [0.717, 1.165) is 0 Å². The molecule has 0 saturated carbocycles. The minimum atomic E-state index is -3.04. The molecule has 146 valence electrons. The van der Waals surface area contributed by atoms with Crippen LogP contribution in [-0.4, -0.2) is 58.9 Å². The molecule has 1 unspecified atom stereocenters. The Balaban J connectivity index is 1.66. The second-order valence-electron chi connectivity index (χ2n) is 6.05. The summed E-state index contributed by atoms with van der Waals surface area (Å²) >= 11 is 7.85. The van der Waals surface area contributed by atoms with Gasteiger partial charge in [0.15, 0.2) is 18.1 Å². The lowest BCUT2D eigenvalue weighted by molar-refractivity contribution is -0.129. The predicted molar refractivity (Wildman–Crippen MR) is 107 cm³/mol. The molecule has 1 amide bonds. The molecule has 3 rings (SSSR count). The largest absolute Gasteiger partial charge is 0.338 e. The van der Waals surface area contributed by atoms with Crippen molar-refractivity contribution in [3.63, 3.8) is 0 Å². The minimum absolute atomic E-state index is 0.0371. The molecule has 1 aromatic heterocycles. The molecule has 1 aliphatic heterocycles. The van der Waals surface area contributed by atoms with Gasteiger partial charge < -0.3 is 4.90 Å². The van der Waals surface area contributed by atoms with E-state index in [9.17, 15) is 17.6 Å². The molecule has 0 N–H and O–H groups in total. The average Bonchev–Trinajstić information content (AvgIpc) is 3.16. The van der Waals surface area contributed by atoms with Gasteiger partial charge in [0, 0.05) is 12.6 Å². The highest BCUT2D eigenvalue weighted by Crippen LogP contribution is 2.25. The van der Waals surface area contributed by atoms with Crippen LogP contribution in [0.2, 0.25) is 0 Å². The molecule has 1 aliphatic rings. The first-order valence-corrected chi connectivity index (χ1v) is 12.3. The highest BCUT2D eigenvalue weighted by molar-refractivity contribution is 8.01. The fraction of sp³-hybridized carbons (Fsp3) is 0.438. The molecule has 2 heterocycles. The Morgan fingerprint density at radius 2 is 2.15 bits per heavy atom. The molecular weight excluding hydrogens is 429 g/mol. The van der Waals surface area contributed by atoms with E-state index in [-0.39, 0.29) is 35.0 Å². The maximum Gasteiger partial charge on any atom is 0.233 e. The summed E-state index contributed by atoms with van der Waals surface area (Å²) in [6.07, 6.45) is 0.491. The summed E-state index contributed by atoms with van der Waals surface area (Å²) in [6, 6.07) is 5.60. The van der Waals surface area contributed by atoms with Crippen molar-refractivity contribution < 1.29 is 17.6 Å². The second-order valence-corrected chi connectivity index (χ2v) is 11.1. The van der Waals surface area contributed by atoms with Crippen LogP contribution in [0.1, 0.15) is 13.3 Å². The Morgan fingerprint density at radius 3 is 2.74 bits per heavy atom. The van der Waals surface area contributed by atoms with Crippen LogP contribution in [0.5, 0.6) is 0 Å². The topological polar surface area (TPSA) is 72.3 Å². The normalized spacial score (nSPS) is 18.5. The van der Waals surface area contributed by atoms with Crippen molar-refractivity contribution >= 4 is 51.1 Å². The zero-order valence-corrected chi connectivity index (χ0v) is 17.8. The number of hydrogen-bond donors (Lipinski definition) is 0. The van der Waals surface area contributed by atoms with Gasteiger partial charge in [0.05, 0.1) is 22.9 Å². The van der Waals surface area contributed by atoms with Crippen LogP contribution >= 0.6 is 35.3 Å². The van der Waals surface area contributed by atoms with Gasteiger partial charge in [-0.05, 0) is 49.8 Å². The molecule has 6 nitrogen and oxygen atoms in total. The van der Waals surface area contributed by atoms with Crippen molar-refractivity contribution in [2.24, 2.45) is 0 Å². The molecule has 0 spiro atoms.